The second-order valence-electron chi connectivity index (χ2n) is 8.64. The monoisotopic (exact) mass is 464 g/mol. The van der Waals surface area contributed by atoms with E-state index in [1.165, 1.54) is 4.90 Å². The Morgan fingerprint density at radius 1 is 1.00 bits per heavy atom. The Balaban J connectivity index is 1.49. The van der Waals surface area contributed by atoms with E-state index in [2.05, 4.69) is 0 Å². The highest BCUT2D eigenvalue weighted by Gasteiger charge is 2.54. The lowest BCUT2D eigenvalue weighted by Crippen LogP contribution is -2.66. The molecular formula is C25H28N4O5. The summed E-state index contributed by atoms with van der Waals surface area (Å²) in [4.78, 5) is 47.1. The van der Waals surface area contributed by atoms with E-state index in [9.17, 15) is 14.4 Å². The first kappa shape index (κ1) is 22.2. The lowest BCUT2D eigenvalue weighted by molar-refractivity contribution is -0.124. The minimum atomic E-state index is -0.737. The van der Waals surface area contributed by atoms with Gasteiger partial charge in [-0.25, -0.2) is 14.5 Å². The van der Waals surface area contributed by atoms with Gasteiger partial charge in [0, 0.05) is 26.2 Å². The number of anilines is 1. The van der Waals surface area contributed by atoms with Crippen molar-refractivity contribution in [3.05, 3.63) is 60.2 Å². The number of amides is 5. The topological polar surface area (TPSA) is 82.6 Å². The predicted molar refractivity (Wildman–Crippen MR) is 125 cm³/mol. The number of rotatable bonds is 4. The van der Waals surface area contributed by atoms with E-state index in [4.69, 9.17) is 9.47 Å². The van der Waals surface area contributed by atoms with Crippen LogP contribution in [0, 0.1) is 0 Å². The van der Waals surface area contributed by atoms with E-state index in [1.807, 2.05) is 30.3 Å². The van der Waals surface area contributed by atoms with Crippen molar-refractivity contribution < 1.29 is 23.9 Å². The summed E-state index contributed by atoms with van der Waals surface area (Å²) in [6.07, 6.45) is 0.557. The summed E-state index contributed by atoms with van der Waals surface area (Å²) in [7, 11) is 1.56. The second-order valence-corrected chi connectivity index (χ2v) is 8.64. The summed E-state index contributed by atoms with van der Waals surface area (Å²) < 4.78 is 10.6. The number of hydrogen-bond donors (Lipinski definition) is 0. The highest BCUT2D eigenvalue weighted by atomic mass is 16.5. The molecule has 3 aliphatic heterocycles. The average molecular weight is 465 g/mol. The summed E-state index contributed by atoms with van der Waals surface area (Å²) in [5.74, 6) is 0.258. The van der Waals surface area contributed by atoms with Crippen molar-refractivity contribution in [2.45, 2.75) is 25.0 Å². The van der Waals surface area contributed by atoms with Gasteiger partial charge >= 0.3 is 12.1 Å². The van der Waals surface area contributed by atoms with Crippen molar-refractivity contribution >= 4 is 23.7 Å². The number of hydrogen-bond acceptors (Lipinski definition) is 5. The Labute approximate surface area is 198 Å². The van der Waals surface area contributed by atoms with Gasteiger partial charge in [0.05, 0.1) is 32.1 Å². The van der Waals surface area contributed by atoms with Gasteiger partial charge in [0.15, 0.2) is 0 Å². The summed E-state index contributed by atoms with van der Waals surface area (Å²) in [5, 5.41) is 0. The number of likely N-dealkylation sites (tertiary alicyclic amines) is 1. The molecule has 0 N–H and O–H groups in total. The Morgan fingerprint density at radius 2 is 1.71 bits per heavy atom. The molecule has 3 aliphatic rings. The Hall–Kier alpha value is -3.59. The zero-order valence-corrected chi connectivity index (χ0v) is 19.1. The predicted octanol–water partition coefficient (Wildman–Crippen LogP) is 2.56. The van der Waals surface area contributed by atoms with Crippen molar-refractivity contribution in [3.8, 4) is 5.75 Å². The van der Waals surface area contributed by atoms with Crippen LogP contribution < -0.4 is 9.64 Å². The number of fused-ring (bicyclic) bond motifs is 1. The standard InChI is InChI=1S/C25H28N4O5/c1-33-20-9-7-19(8-10-20)29-23(30)22-21(28(25(29)32)17-18-5-3-2-4-6-18)11-12-27(22)24(31)26-13-15-34-16-14-26/h2-10,21-22H,11-17H2,1H3. The fourth-order valence-corrected chi connectivity index (χ4v) is 4.98. The number of methoxy groups -OCH3 is 1. The maximum Gasteiger partial charge on any atom is 0.332 e. The van der Waals surface area contributed by atoms with Gasteiger partial charge in [-0.1, -0.05) is 30.3 Å². The Kier molecular flexibility index (Phi) is 6.10. The molecule has 5 rings (SSSR count). The molecule has 2 unspecified atom stereocenters. The molecular weight excluding hydrogens is 436 g/mol. The van der Waals surface area contributed by atoms with Crippen molar-refractivity contribution in [3.63, 3.8) is 0 Å². The van der Waals surface area contributed by atoms with Gasteiger partial charge in [-0.05, 0) is 36.2 Å². The van der Waals surface area contributed by atoms with Gasteiger partial charge in [0.1, 0.15) is 11.8 Å². The molecule has 0 aromatic heterocycles. The Bertz CT molecular complexity index is 1050. The number of ether oxygens (including phenoxy) is 2. The number of benzene rings is 2. The number of morpholine rings is 1. The molecule has 3 heterocycles. The average Bonchev–Trinajstić information content (AvgIpc) is 3.33. The molecule has 0 saturated carbocycles. The van der Waals surface area contributed by atoms with Gasteiger partial charge in [-0.15, -0.1) is 0 Å². The van der Waals surface area contributed by atoms with E-state index in [1.54, 1.807) is 46.1 Å². The first-order chi connectivity index (χ1) is 16.6. The first-order valence-electron chi connectivity index (χ1n) is 11.5. The Morgan fingerprint density at radius 3 is 2.38 bits per heavy atom. The molecule has 5 amide bonds. The fraction of sp³-hybridized carbons (Fsp3) is 0.400. The van der Waals surface area contributed by atoms with Gasteiger partial charge in [-0.3, -0.25) is 4.79 Å². The number of urea groups is 2. The number of carbonyl (C=O) groups is 3. The maximum absolute atomic E-state index is 13.8. The highest BCUT2D eigenvalue weighted by Crippen LogP contribution is 2.35. The lowest BCUT2D eigenvalue weighted by atomic mass is 10.0. The van der Waals surface area contributed by atoms with E-state index < -0.39 is 6.04 Å². The third-order valence-corrected chi connectivity index (χ3v) is 6.73. The van der Waals surface area contributed by atoms with Crippen molar-refractivity contribution in [2.75, 3.05) is 44.9 Å². The fourth-order valence-electron chi connectivity index (χ4n) is 4.98. The molecule has 0 aliphatic carbocycles. The molecule has 9 nitrogen and oxygen atoms in total. The van der Waals surface area contributed by atoms with Crippen LogP contribution in [-0.4, -0.2) is 84.7 Å². The minimum absolute atomic E-state index is 0.173. The zero-order chi connectivity index (χ0) is 23.7. The molecule has 178 valence electrons. The third kappa shape index (κ3) is 3.96. The van der Waals surface area contributed by atoms with Gasteiger partial charge < -0.3 is 24.2 Å². The van der Waals surface area contributed by atoms with E-state index in [0.717, 1.165) is 5.56 Å². The lowest BCUT2D eigenvalue weighted by Gasteiger charge is -2.44. The molecule has 9 heteroatoms. The first-order valence-corrected chi connectivity index (χ1v) is 11.5. The van der Waals surface area contributed by atoms with Crippen molar-refractivity contribution in [1.82, 2.24) is 14.7 Å². The number of imide groups is 1. The van der Waals surface area contributed by atoms with Crippen LogP contribution in [0.4, 0.5) is 15.3 Å². The highest BCUT2D eigenvalue weighted by molar-refractivity contribution is 6.19. The molecule has 2 aromatic carbocycles. The molecule has 0 spiro atoms. The van der Waals surface area contributed by atoms with Gasteiger partial charge in [0.2, 0.25) is 0 Å². The molecule has 34 heavy (non-hydrogen) atoms. The van der Waals surface area contributed by atoms with E-state index in [0.29, 0.717) is 57.3 Å². The smallest absolute Gasteiger partial charge is 0.332 e. The van der Waals surface area contributed by atoms with Crippen molar-refractivity contribution in [2.24, 2.45) is 0 Å². The third-order valence-electron chi connectivity index (χ3n) is 6.73. The van der Waals surface area contributed by atoms with Gasteiger partial charge in [-0.2, -0.15) is 0 Å². The normalized spacial score (nSPS) is 22.7. The van der Waals surface area contributed by atoms with Crippen LogP contribution in [-0.2, 0) is 16.1 Å². The van der Waals surface area contributed by atoms with Crippen LogP contribution in [0.3, 0.4) is 0 Å². The summed E-state index contributed by atoms with van der Waals surface area (Å²) >= 11 is 0. The molecule has 0 radical (unpaired) electrons. The van der Waals surface area contributed by atoms with Crippen LogP contribution >= 0.6 is 0 Å². The van der Waals surface area contributed by atoms with Crippen LogP contribution in [0.2, 0.25) is 0 Å². The quantitative estimate of drug-likeness (QED) is 0.695. The van der Waals surface area contributed by atoms with Crippen LogP contribution in [0.25, 0.3) is 0 Å². The summed E-state index contributed by atoms with van der Waals surface area (Å²) in [6.45, 7) is 2.74. The molecule has 0 bridgehead atoms. The number of carbonyl (C=O) groups excluding carboxylic acids is 3. The molecule has 2 aromatic rings. The summed E-state index contributed by atoms with van der Waals surface area (Å²) in [6, 6.07) is 14.9. The van der Waals surface area contributed by atoms with Gasteiger partial charge in [0.25, 0.3) is 5.91 Å². The number of nitrogens with zero attached hydrogens (tertiary/aromatic N) is 4. The maximum atomic E-state index is 13.8. The molecule has 3 saturated heterocycles. The summed E-state index contributed by atoms with van der Waals surface area (Å²) in [5.41, 5.74) is 1.43. The van der Waals surface area contributed by atoms with Crippen LogP contribution in [0.1, 0.15) is 12.0 Å². The largest absolute Gasteiger partial charge is 0.497 e. The molecule has 3 fully saturated rings. The molecule has 2 atom stereocenters. The van der Waals surface area contributed by atoms with E-state index in [-0.39, 0.29) is 24.0 Å². The minimum Gasteiger partial charge on any atom is -0.497 e. The second kappa shape index (κ2) is 9.34. The van der Waals surface area contributed by atoms with Crippen LogP contribution in [0.15, 0.2) is 54.6 Å². The SMILES string of the molecule is COc1ccc(N2C(=O)C3C(CCN3C(=O)N3CCOCC3)N(Cc3ccccc3)C2=O)cc1. The zero-order valence-electron chi connectivity index (χ0n) is 19.1. The van der Waals surface area contributed by atoms with Crippen molar-refractivity contribution in [1.29, 1.82) is 0 Å². The van der Waals surface area contributed by atoms with Crippen LogP contribution in [0.5, 0.6) is 5.75 Å². The van der Waals surface area contributed by atoms with E-state index >= 15 is 0 Å².